The van der Waals surface area contributed by atoms with Gasteiger partial charge in [-0.05, 0) is 23.1 Å². The molecule has 0 amide bonds. The number of rotatable bonds is 7. The summed E-state index contributed by atoms with van der Waals surface area (Å²) in [4.78, 5) is 11.4. The van der Waals surface area contributed by atoms with Crippen LogP contribution in [0.3, 0.4) is 0 Å². The topological polar surface area (TPSA) is 110 Å². The van der Waals surface area contributed by atoms with Crippen LogP contribution in [0.5, 0.6) is 0 Å². The molecule has 1 aromatic heterocycles. The smallest absolute Gasteiger partial charge is 0.349 e. The number of carbonyl (C=O) groups is 1. The van der Waals surface area contributed by atoms with Gasteiger partial charge in [0.1, 0.15) is 9.77 Å². The van der Waals surface area contributed by atoms with Crippen molar-refractivity contribution >= 4 is 37.4 Å². The first-order valence-corrected chi connectivity index (χ1v) is 11.1. The molecule has 0 saturated carbocycles. The number of sulfonamides is 2. The average Bonchev–Trinajstić information content (AvgIpc) is 3.10. The van der Waals surface area contributed by atoms with Crippen LogP contribution < -0.4 is 4.72 Å². The SMILES string of the molecule is COC(=O)c1sccc1S(=O)(=O)NCc1ccccc1S(=O)(=O)N(C)C. The lowest BCUT2D eigenvalue weighted by Gasteiger charge is -2.15. The summed E-state index contributed by atoms with van der Waals surface area (Å²) < 4.78 is 57.8. The number of hydrogen-bond acceptors (Lipinski definition) is 7. The van der Waals surface area contributed by atoms with Gasteiger partial charge in [-0.2, -0.15) is 0 Å². The number of methoxy groups -OCH3 is 1. The highest BCUT2D eigenvalue weighted by atomic mass is 32.2. The third-order valence-corrected chi connectivity index (χ3v) is 7.86. The Labute approximate surface area is 156 Å². The zero-order valence-electron chi connectivity index (χ0n) is 14.3. The first-order valence-electron chi connectivity index (χ1n) is 7.27. The van der Waals surface area contributed by atoms with E-state index in [1.54, 1.807) is 12.1 Å². The summed E-state index contributed by atoms with van der Waals surface area (Å²) in [5.74, 6) is -0.754. The van der Waals surface area contributed by atoms with Gasteiger partial charge in [0.25, 0.3) is 0 Å². The number of benzene rings is 1. The zero-order valence-corrected chi connectivity index (χ0v) is 16.7. The third-order valence-electron chi connectivity index (χ3n) is 3.47. The maximum atomic E-state index is 12.5. The zero-order chi connectivity index (χ0) is 19.5. The molecule has 0 aliphatic rings. The van der Waals surface area contributed by atoms with E-state index in [1.807, 2.05) is 0 Å². The lowest BCUT2D eigenvalue weighted by Crippen LogP contribution is -2.27. The first kappa shape index (κ1) is 20.5. The first-order chi connectivity index (χ1) is 12.1. The van der Waals surface area contributed by atoms with Crippen LogP contribution >= 0.6 is 11.3 Å². The summed E-state index contributed by atoms with van der Waals surface area (Å²) in [6.45, 7) is -0.248. The molecule has 2 aromatic rings. The van der Waals surface area contributed by atoms with Gasteiger partial charge in [0.15, 0.2) is 0 Å². The molecule has 0 spiro atoms. The fourth-order valence-corrected chi connectivity index (χ4v) is 5.55. The summed E-state index contributed by atoms with van der Waals surface area (Å²) in [6, 6.07) is 7.39. The van der Waals surface area contributed by atoms with E-state index < -0.39 is 26.0 Å². The number of hydrogen-bond donors (Lipinski definition) is 1. The summed E-state index contributed by atoms with van der Waals surface area (Å²) >= 11 is 0.946. The van der Waals surface area contributed by atoms with Crippen LogP contribution in [0.1, 0.15) is 15.2 Å². The van der Waals surface area contributed by atoms with Crippen LogP contribution in [0.2, 0.25) is 0 Å². The second-order valence-corrected chi connectivity index (χ2v) is 10.1. The monoisotopic (exact) mass is 418 g/mol. The number of nitrogens with zero attached hydrogens (tertiary/aromatic N) is 1. The number of ether oxygens (including phenoxy) is 1. The molecule has 142 valence electrons. The molecule has 0 aliphatic carbocycles. The van der Waals surface area contributed by atoms with Gasteiger partial charge in [-0.3, -0.25) is 0 Å². The van der Waals surface area contributed by atoms with Gasteiger partial charge in [-0.1, -0.05) is 18.2 Å². The highest BCUT2D eigenvalue weighted by Crippen LogP contribution is 2.24. The molecule has 1 heterocycles. The molecule has 11 heteroatoms. The average molecular weight is 419 g/mol. The Morgan fingerprint density at radius 2 is 1.77 bits per heavy atom. The number of thiophene rings is 1. The van der Waals surface area contributed by atoms with Crippen LogP contribution in [0, 0.1) is 0 Å². The maximum Gasteiger partial charge on any atom is 0.349 e. The van der Waals surface area contributed by atoms with E-state index in [0.29, 0.717) is 5.56 Å². The molecule has 8 nitrogen and oxygen atoms in total. The standard InChI is InChI=1S/C15H18N2O6S3/c1-17(2)26(21,22)12-7-5-4-6-11(12)10-16-25(19,20)13-8-9-24-14(13)15(18)23-3/h4-9,16H,10H2,1-3H3. The summed E-state index contributed by atoms with van der Waals surface area (Å²) in [7, 11) is -3.81. The lowest BCUT2D eigenvalue weighted by molar-refractivity contribution is 0.0602. The maximum absolute atomic E-state index is 12.5. The van der Waals surface area contributed by atoms with Crippen LogP contribution in [0.15, 0.2) is 45.5 Å². The fourth-order valence-electron chi connectivity index (χ4n) is 2.10. The van der Waals surface area contributed by atoms with Crippen molar-refractivity contribution in [3.05, 3.63) is 46.2 Å². The quantitative estimate of drug-likeness (QED) is 0.678. The van der Waals surface area contributed by atoms with Crippen molar-refractivity contribution in [1.29, 1.82) is 0 Å². The van der Waals surface area contributed by atoms with E-state index in [1.165, 1.54) is 37.7 Å². The van der Waals surface area contributed by atoms with Crippen molar-refractivity contribution < 1.29 is 26.4 Å². The number of nitrogens with one attached hydrogen (secondary N) is 1. The van der Waals surface area contributed by atoms with E-state index >= 15 is 0 Å². The highest BCUT2D eigenvalue weighted by Gasteiger charge is 2.26. The van der Waals surface area contributed by atoms with Crippen molar-refractivity contribution in [3.63, 3.8) is 0 Å². The van der Waals surface area contributed by atoms with Gasteiger partial charge < -0.3 is 4.74 Å². The molecule has 26 heavy (non-hydrogen) atoms. The third kappa shape index (κ3) is 4.13. The Kier molecular flexibility index (Phi) is 6.19. The Morgan fingerprint density at radius 1 is 1.12 bits per heavy atom. The Hall–Kier alpha value is -1.79. The molecule has 0 saturated heterocycles. The largest absolute Gasteiger partial charge is 0.465 e. The molecule has 0 radical (unpaired) electrons. The lowest BCUT2D eigenvalue weighted by atomic mass is 10.2. The minimum atomic E-state index is -4.03. The molecule has 0 unspecified atom stereocenters. The second kappa shape index (κ2) is 7.84. The van der Waals surface area contributed by atoms with Crippen LogP contribution in [0.4, 0.5) is 0 Å². The van der Waals surface area contributed by atoms with Gasteiger partial charge in [0.05, 0.1) is 12.0 Å². The van der Waals surface area contributed by atoms with E-state index in [0.717, 1.165) is 22.8 Å². The predicted octanol–water partition coefficient (Wildman–Crippen LogP) is 1.26. The van der Waals surface area contributed by atoms with Crippen molar-refractivity contribution in [2.75, 3.05) is 21.2 Å². The van der Waals surface area contributed by atoms with E-state index in [9.17, 15) is 21.6 Å². The van der Waals surface area contributed by atoms with Gasteiger partial charge in [0, 0.05) is 20.6 Å². The van der Waals surface area contributed by atoms with Crippen molar-refractivity contribution in [1.82, 2.24) is 9.03 Å². The molecule has 1 aromatic carbocycles. The Balaban J connectivity index is 2.33. The molecular weight excluding hydrogens is 400 g/mol. The van der Waals surface area contributed by atoms with E-state index in [-0.39, 0.29) is 21.2 Å². The van der Waals surface area contributed by atoms with Gasteiger partial charge >= 0.3 is 5.97 Å². The molecule has 0 aliphatic heterocycles. The van der Waals surface area contributed by atoms with Crippen molar-refractivity contribution in [3.8, 4) is 0 Å². The summed E-state index contributed by atoms with van der Waals surface area (Å²) in [5, 5.41) is 1.46. The normalized spacial score (nSPS) is 12.3. The van der Waals surface area contributed by atoms with E-state index in [2.05, 4.69) is 9.46 Å². The van der Waals surface area contributed by atoms with Crippen molar-refractivity contribution in [2.24, 2.45) is 0 Å². The fraction of sp³-hybridized carbons (Fsp3) is 0.267. The van der Waals surface area contributed by atoms with Crippen LogP contribution in [-0.4, -0.2) is 48.3 Å². The molecule has 1 N–H and O–H groups in total. The molecular formula is C15H18N2O6S3. The van der Waals surface area contributed by atoms with Crippen LogP contribution in [0.25, 0.3) is 0 Å². The number of carbonyl (C=O) groups excluding carboxylic acids is 1. The minimum Gasteiger partial charge on any atom is -0.465 e. The molecule has 2 rings (SSSR count). The van der Waals surface area contributed by atoms with E-state index in [4.69, 9.17) is 0 Å². The summed E-state index contributed by atoms with van der Waals surface area (Å²) in [5.41, 5.74) is 0.291. The molecule has 0 atom stereocenters. The molecule has 0 bridgehead atoms. The minimum absolute atomic E-state index is 0.00575. The second-order valence-electron chi connectivity index (χ2n) is 5.33. The van der Waals surface area contributed by atoms with Crippen LogP contribution in [-0.2, 0) is 31.3 Å². The molecule has 0 fully saturated rings. The Morgan fingerprint density at radius 3 is 2.38 bits per heavy atom. The highest BCUT2D eigenvalue weighted by molar-refractivity contribution is 7.90. The van der Waals surface area contributed by atoms with Crippen molar-refractivity contribution in [2.45, 2.75) is 16.3 Å². The Bertz CT molecular complexity index is 1010. The number of esters is 1. The summed E-state index contributed by atoms with van der Waals surface area (Å²) in [6.07, 6.45) is 0. The van der Waals surface area contributed by atoms with Gasteiger partial charge in [0.2, 0.25) is 20.0 Å². The van der Waals surface area contributed by atoms with Gasteiger partial charge in [-0.25, -0.2) is 30.7 Å². The predicted molar refractivity (Wildman–Crippen MR) is 97.0 cm³/mol. The van der Waals surface area contributed by atoms with Gasteiger partial charge in [-0.15, -0.1) is 11.3 Å².